The van der Waals surface area contributed by atoms with E-state index in [0.717, 1.165) is 12.8 Å². The van der Waals surface area contributed by atoms with E-state index in [1.165, 1.54) is 23.1 Å². The number of fused-ring (bicyclic) bond motifs is 3. The SMILES string of the molecule is CS(=O)(=O)N1CCC(C2c3ccccc3-c3cncn32)CC1. The highest BCUT2D eigenvalue weighted by Crippen LogP contribution is 2.45. The minimum Gasteiger partial charge on any atom is -0.323 e. The molecule has 1 fully saturated rings. The van der Waals surface area contributed by atoms with Crippen molar-refractivity contribution in [2.75, 3.05) is 19.3 Å². The summed E-state index contributed by atoms with van der Waals surface area (Å²) in [4.78, 5) is 4.30. The van der Waals surface area contributed by atoms with Gasteiger partial charge in [-0.25, -0.2) is 17.7 Å². The van der Waals surface area contributed by atoms with Gasteiger partial charge in [0.1, 0.15) is 0 Å². The lowest BCUT2D eigenvalue weighted by atomic mass is 9.86. The number of hydrogen-bond acceptors (Lipinski definition) is 3. The van der Waals surface area contributed by atoms with Crippen molar-refractivity contribution in [2.45, 2.75) is 18.9 Å². The van der Waals surface area contributed by atoms with E-state index < -0.39 is 10.0 Å². The summed E-state index contributed by atoms with van der Waals surface area (Å²) in [7, 11) is -3.07. The fraction of sp³-hybridized carbons (Fsp3) is 0.438. The number of aromatic nitrogens is 2. The van der Waals surface area contributed by atoms with Gasteiger partial charge in [0.05, 0.1) is 30.5 Å². The van der Waals surface area contributed by atoms with Gasteiger partial charge in [0.2, 0.25) is 10.0 Å². The Bertz CT molecular complexity index is 804. The van der Waals surface area contributed by atoms with Gasteiger partial charge in [-0.15, -0.1) is 0 Å². The lowest BCUT2D eigenvalue weighted by Gasteiger charge is -2.34. The first-order chi connectivity index (χ1) is 10.6. The summed E-state index contributed by atoms with van der Waals surface area (Å²) in [5.41, 5.74) is 3.78. The Morgan fingerprint density at radius 3 is 2.64 bits per heavy atom. The van der Waals surface area contributed by atoms with Crippen LogP contribution in [-0.4, -0.2) is 41.6 Å². The summed E-state index contributed by atoms with van der Waals surface area (Å²) in [5, 5.41) is 0. The number of rotatable bonds is 2. The lowest BCUT2D eigenvalue weighted by molar-refractivity contribution is 0.233. The number of sulfonamides is 1. The Balaban J connectivity index is 1.65. The third-order valence-electron chi connectivity index (χ3n) is 4.94. The third-order valence-corrected chi connectivity index (χ3v) is 6.24. The molecule has 4 rings (SSSR count). The number of piperidine rings is 1. The maximum absolute atomic E-state index is 11.7. The molecule has 0 radical (unpaired) electrons. The molecule has 2 aliphatic heterocycles. The largest absolute Gasteiger partial charge is 0.323 e. The van der Waals surface area contributed by atoms with Gasteiger partial charge in [0.25, 0.3) is 0 Å². The normalized spacial score (nSPS) is 22.5. The van der Waals surface area contributed by atoms with Crippen molar-refractivity contribution in [3.63, 3.8) is 0 Å². The Hall–Kier alpha value is -1.66. The second-order valence-electron chi connectivity index (χ2n) is 6.22. The smallest absolute Gasteiger partial charge is 0.211 e. The molecule has 1 aromatic carbocycles. The zero-order chi connectivity index (χ0) is 15.3. The van der Waals surface area contributed by atoms with Crippen LogP contribution >= 0.6 is 0 Å². The third kappa shape index (κ3) is 2.09. The van der Waals surface area contributed by atoms with Crippen molar-refractivity contribution in [3.8, 4) is 11.3 Å². The van der Waals surface area contributed by atoms with E-state index in [4.69, 9.17) is 0 Å². The van der Waals surface area contributed by atoms with Crippen molar-refractivity contribution in [1.29, 1.82) is 0 Å². The van der Waals surface area contributed by atoms with Gasteiger partial charge in [-0.1, -0.05) is 24.3 Å². The molecule has 0 amide bonds. The molecule has 22 heavy (non-hydrogen) atoms. The molecule has 1 unspecified atom stereocenters. The topological polar surface area (TPSA) is 55.2 Å². The van der Waals surface area contributed by atoms with Crippen LogP contribution in [0.25, 0.3) is 11.3 Å². The highest BCUT2D eigenvalue weighted by atomic mass is 32.2. The van der Waals surface area contributed by atoms with E-state index in [1.54, 1.807) is 4.31 Å². The minimum absolute atomic E-state index is 0.287. The van der Waals surface area contributed by atoms with Gasteiger partial charge >= 0.3 is 0 Å². The molecule has 0 N–H and O–H groups in total. The second-order valence-corrected chi connectivity index (χ2v) is 8.20. The predicted molar refractivity (Wildman–Crippen MR) is 84.9 cm³/mol. The summed E-state index contributed by atoms with van der Waals surface area (Å²) < 4.78 is 27.2. The van der Waals surface area contributed by atoms with Crippen LogP contribution in [0.5, 0.6) is 0 Å². The van der Waals surface area contributed by atoms with Crippen LogP contribution in [0, 0.1) is 5.92 Å². The summed E-state index contributed by atoms with van der Waals surface area (Å²) in [6.07, 6.45) is 6.91. The Kier molecular flexibility index (Phi) is 3.13. The highest BCUT2D eigenvalue weighted by Gasteiger charge is 2.36. The Labute approximate surface area is 130 Å². The standard InChI is InChI=1S/C16H19N3O2S/c1-22(20,21)18-8-6-12(7-9-18)16-14-5-3-2-4-13(14)15-10-17-11-19(15)16/h2-5,10-12,16H,6-9H2,1H3. The van der Waals surface area contributed by atoms with E-state index >= 15 is 0 Å². The van der Waals surface area contributed by atoms with Crippen LogP contribution < -0.4 is 0 Å². The summed E-state index contributed by atoms with van der Waals surface area (Å²) >= 11 is 0. The van der Waals surface area contributed by atoms with E-state index in [0.29, 0.717) is 19.0 Å². The second kappa shape index (κ2) is 4.93. The fourth-order valence-electron chi connectivity index (χ4n) is 3.88. The molecule has 2 aliphatic rings. The molecule has 3 heterocycles. The van der Waals surface area contributed by atoms with E-state index in [2.05, 4.69) is 33.8 Å². The van der Waals surface area contributed by atoms with E-state index in [-0.39, 0.29) is 6.04 Å². The number of hydrogen-bond donors (Lipinski definition) is 0. The quantitative estimate of drug-likeness (QED) is 0.852. The molecule has 6 heteroatoms. The van der Waals surface area contributed by atoms with Crippen LogP contribution in [0.15, 0.2) is 36.8 Å². The van der Waals surface area contributed by atoms with Crippen molar-refractivity contribution >= 4 is 10.0 Å². The first kappa shape index (κ1) is 14.0. The van der Waals surface area contributed by atoms with E-state index in [9.17, 15) is 8.42 Å². The van der Waals surface area contributed by atoms with Crippen molar-refractivity contribution in [1.82, 2.24) is 13.9 Å². The molecule has 2 aromatic rings. The fourth-order valence-corrected chi connectivity index (χ4v) is 4.75. The molecule has 1 atom stereocenters. The van der Waals surface area contributed by atoms with Crippen molar-refractivity contribution < 1.29 is 8.42 Å². The number of benzene rings is 1. The van der Waals surface area contributed by atoms with Crippen LogP contribution in [0.1, 0.15) is 24.4 Å². The van der Waals surface area contributed by atoms with Crippen LogP contribution in [0.3, 0.4) is 0 Å². The van der Waals surface area contributed by atoms with Gasteiger partial charge < -0.3 is 4.57 Å². The summed E-state index contributed by atoms with van der Waals surface area (Å²) in [5.74, 6) is 0.453. The molecule has 0 spiro atoms. The van der Waals surface area contributed by atoms with Crippen LogP contribution in [0.4, 0.5) is 0 Å². The summed E-state index contributed by atoms with van der Waals surface area (Å²) in [6, 6.07) is 8.77. The maximum Gasteiger partial charge on any atom is 0.211 e. The lowest BCUT2D eigenvalue weighted by Crippen LogP contribution is -2.39. The molecule has 5 nitrogen and oxygen atoms in total. The van der Waals surface area contributed by atoms with Gasteiger partial charge in [-0.2, -0.15) is 0 Å². The van der Waals surface area contributed by atoms with Crippen molar-refractivity contribution in [3.05, 3.63) is 42.4 Å². The first-order valence-corrected chi connectivity index (χ1v) is 9.47. The maximum atomic E-state index is 11.7. The minimum atomic E-state index is -3.07. The Morgan fingerprint density at radius 1 is 1.18 bits per heavy atom. The molecule has 0 aliphatic carbocycles. The first-order valence-electron chi connectivity index (χ1n) is 7.62. The molecule has 116 valence electrons. The van der Waals surface area contributed by atoms with Gasteiger partial charge in [0.15, 0.2) is 0 Å². The number of imidazole rings is 1. The van der Waals surface area contributed by atoms with Crippen LogP contribution in [-0.2, 0) is 10.0 Å². The van der Waals surface area contributed by atoms with Crippen LogP contribution in [0.2, 0.25) is 0 Å². The van der Waals surface area contributed by atoms with E-state index in [1.807, 2.05) is 12.5 Å². The molecular weight excluding hydrogens is 298 g/mol. The monoisotopic (exact) mass is 317 g/mol. The summed E-state index contributed by atoms with van der Waals surface area (Å²) in [6.45, 7) is 1.23. The average molecular weight is 317 g/mol. The molecular formula is C16H19N3O2S. The van der Waals surface area contributed by atoms with Gasteiger partial charge in [-0.3, -0.25) is 0 Å². The molecule has 0 saturated carbocycles. The molecule has 1 saturated heterocycles. The highest BCUT2D eigenvalue weighted by molar-refractivity contribution is 7.88. The van der Waals surface area contributed by atoms with Gasteiger partial charge in [-0.05, 0) is 24.3 Å². The van der Waals surface area contributed by atoms with Crippen molar-refractivity contribution in [2.24, 2.45) is 5.92 Å². The molecule has 0 bridgehead atoms. The zero-order valence-corrected chi connectivity index (χ0v) is 13.3. The average Bonchev–Trinajstić information content (AvgIpc) is 3.07. The predicted octanol–water partition coefficient (Wildman–Crippen LogP) is 2.12. The van der Waals surface area contributed by atoms with Gasteiger partial charge in [0, 0.05) is 18.7 Å². The number of nitrogens with zero attached hydrogens (tertiary/aromatic N) is 3. The Morgan fingerprint density at radius 2 is 1.91 bits per heavy atom. The molecule has 1 aromatic heterocycles. The zero-order valence-electron chi connectivity index (χ0n) is 12.5.